The van der Waals surface area contributed by atoms with E-state index < -0.39 is 17.6 Å². The number of hydrogen-bond acceptors (Lipinski definition) is 2. The molecule has 2 aromatic carbocycles. The number of nitrogens with one attached hydrogen (secondary N) is 2. The molecular formula is C20H20F3N3O. The number of hydrogen-bond donors (Lipinski definition) is 2. The Kier molecular flexibility index (Phi) is 4.63. The minimum absolute atomic E-state index is 0.212. The summed E-state index contributed by atoms with van der Waals surface area (Å²) in [6.07, 6.45) is -4.58. The van der Waals surface area contributed by atoms with E-state index in [0.717, 1.165) is 28.1 Å². The molecule has 0 unspecified atom stereocenters. The van der Waals surface area contributed by atoms with Crippen molar-refractivity contribution in [1.82, 2.24) is 4.98 Å². The maximum Gasteiger partial charge on any atom is 0.418 e. The quantitative estimate of drug-likeness (QED) is 0.667. The number of carbonyl (C=O) groups excluding carboxylic acids is 1. The molecule has 0 saturated heterocycles. The summed E-state index contributed by atoms with van der Waals surface area (Å²) in [6.45, 7) is 3.86. The van der Waals surface area contributed by atoms with Gasteiger partial charge in [0.2, 0.25) is 0 Å². The predicted molar refractivity (Wildman–Crippen MR) is 101 cm³/mol. The summed E-state index contributed by atoms with van der Waals surface area (Å²) in [4.78, 5) is 17.1. The molecule has 0 spiro atoms. The molecule has 0 saturated carbocycles. The molecule has 0 atom stereocenters. The highest BCUT2D eigenvalue weighted by Gasteiger charge is 2.34. The van der Waals surface area contributed by atoms with Gasteiger partial charge in [-0.25, -0.2) is 0 Å². The van der Waals surface area contributed by atoms with Crippen LogP contribution in [0.4, 0.5) is 24.5 Å². The summed E-state index contributed by atoms with van der Waals surface area (Å²) >= 11 is 0. The number of benzene rings is 2. The van der Waals surface area contributed by atoms with Gasteiger partial charge in [-0.05, 0) is 55.3 Å². The molecule has 1 heterocycles. The number of aromatic amines is 1. The number of rotatable bonds is 3. The van der Waals surface area contributed by atoms with Crippen LogP contribution in [0, 0.1) is 13.8 Å². The summed E-state index contributed by atoms with van der Waals surface area (Å²) in [5.41, 5.74) is 2.26. The van der Waals surface area contributed by atoms with Crippen molar-refractivity contribution in [2.45, 2.75) is 20.0 Å². The molecule has 0 radical (unpaired) electrons. The van der Waals surface area contributed by atoms with Gasteiger partial charge in [0.1, 0.15) is 5.69 Å². The van der Waals surface area contributed by atoms with Crippen molar-refractivity contribution >= 4 is 28.2 Å². The highest BCUT2D eigenvalue weighted by molar-refractivity contribution is 6.06. The Morgan fingerprint density at radius 2 is 1.78 bits per heavy atom. The normalized spacial score (nSPS) is 11.7. The lowest BCUT2D eigenvalue weighted by molar-refractivity contribution is -0.136. The van der Waals surface area contributed by atoms with Crippen LogP contribution in [-0.4, -0.2) is 25.0 Å². The van der Waals surface area contributed by atoms with Crippen molar-refractivity contribution in [2.75, 3.05) is 24.3 Å². The third kappa shape index (κ3) is 3.77. The lowest BCUT2D eigenvalue weighted by Crippen LogP contribution is -2.18. The van der Waals surface area contributed by atoms with Crippen LogP contribution in [0.2, 0.25) is 0 Å². The third-order valence-electron chi connectivity index (χ3n) is 4.41. The number of carbonyl (C=O) groups is 1. The zero-order valence-corrected chi connectivity index (χ0v) is 15.5. The SMILES string of the molecule is Cc1cc(C)c2cc(C(=O)Nc3ccc(N(C)C)cc3C(F)(F)F)[nH]c2c1. The molecule has 2 N–H and O–H groups in total. The molecule has 1 amide bonds. The molecule has 0 aliphatic rings. The molecule has 0 bridgehead atoms. The van der Waals surface area contributed by atoms with E-state index in [1.54, 1.807) is 25.1 Å². The number of aromatic nitrogens is 1. The number of amides is 1. The maximum absolute atomic E-state index is 13.4. The second kappa shape index (κ2) is 6.64. The average molecular weight is 375 g/mol. The second-order valence-corrected chi connectivity index (χ2v) is 6.80. The van der Waals surface area contributed by atoms with Gasteiger partial charge in [0.05, 0.1) is 11.3 Å². The van der Waals surface area contributed by atoms with Gasteiger partial charge in [0.25, 0.3) is 5.91 Å². The maximum atomic E-state index is 13.4. The monoisotopic (exact) mass is 375 g/mol. The van der Waals surface area contributed by atoms with Crippen LogP contribution in [0.1, 0.15) is 27.2 Å². The first-order valence-electron chi connectivity index (χ1n) is 8.36. The first kappa shape index (κ1) is 18.8. The van der Waals surface area contributed by atoms with Crippen molar-refractivity contribution in [3.63, 3.8) is 0 Å². The smallest absolute Gasteiger partial charge is 0.378 e. The van der Waals surface area contributed by atoms with E-state index in [9.17, 15) is 18.0 Å². The zero-order valence-electron chi connectivity index (χ0n) is 15.5. The van der Waals surface area contributed by atoms with Gasteiger partial charge in [-0.1, -0.05) is 6.07 Å². The lowest BCUT2D eigenvalue weighted by atomic mass is 10.1. The number of halogens is 3. The second-order valence-electron chi connectivity index (χ2n) is 6.80. The Bertz CT molecular complexity index is 1020. The molecule has 7 heteroatoms. The number of aryl methyl sites for hydroxylation is 2. The van der Waals surface area contributed by atoms with Gasteiger partial charge in [0, 0.05) is 30.7 Å². The van der Waals surface area contributed by atoms with Crippen LogP contribution >= 0.6 is 0 Å². The van der Waals surface area contributed by atoms with Gasteiger partial charge >= 0.3 is 6.18 Å². The van der Waals surface area contributed by atoms with E-state index in [1.807, 2.05) is 26.0 Å². The van der Waals surface area contributed by atoms with Crippen LogP contribution in [0.5, 0.6) is 0 Å². The number of fused-ring (bicyclic) bond motifs is 1. The van der Waals surface area contributed by atoms with E-state index in [2.05, 4.69) is 10.3 Å². The average Bonchev–Trinajstić information content (AvgIpc) is 2.98. The van der Waals surface area contributed by atoms with Gasteiger partial charge in [-0.15, -0.1) is 0 Å². The van der Waals surface area contributed by atoms with E-state index in [4.69, 9.17) is 0 Å². The van der Waals surface area contributed by atoms with E-state index >= 15 is 0 Å². The Hall–Kier alpha value is -2.96. The van der Waals surface area contributed by atoms with Crippen LogP contribution in [0.3, 0.4) is 0 Å². The molecule has 0 aliphatic carbocycles. The van der Waals surface area contributed by atoms with Crippen molar-refractivity contribution in [1.29, 1.82) is 0 Å². The summed E-state index contributed by atoms with van der Waals surface area (Å²) in [6, 6.07) is 9.36. The highest BCUT2D eigenvalue weighted by atomic mass is 19.4. The van der Waals surface area contributed by atoms with Crippen LogP contribution in [-0.2, 0) is 6.18 Å². The largest absolute Gasteiger partial charge is 0.418 e. The molecule has 27 heavy (non-hydrogen) atoms. The van der Waals surface area contributed by atoms with E-state index in [1.165, 1.54) is 12.1 Å². The van der Waals surface area contributed by atoms with Gasteiger partial charge < -0.3 is 15.2 Å². The lowest BCUT2D eigenvalue weighted by Gasteiger charge is -2.18. The number of H-pyrrole nitrogens is 1. The van der Waals surface area contributed by atoms with E-state index in [-0.39, 0.29) is 11.4 Å². The van der Waals surface area contributed by atoms with Crippen molar-refractivity contribution < 1.29 is 18.0 Å². The predicted octanol–water partition coefficient (Wildman–Crippen LogP) is 5.12. The van der Waals surface area contributed by atoms with Gasteiger partial charge in [0.15, 0.2) is 0 Å². The fourth-order valence-electron chi connectivity index (χ4n) is 3.07. The number of alkyl halides is 3. The van der Waals surface area contributed by atoms with Gasteiger partial charge in [-0.2, -0.15) is 13.2 Å². The van der Waals surface area contributed by atoms with Crippen LogP contribution < -0.4 is 10.2 Å². The van der Waals surface area contributed by atoms with Crippen molar-refractivity contribution in [2.24, 2.45) is 0 Å². The summed E-state index contributed by atoms with van der Waals surface area (Å²) < 4.78 is 40.3. The van der Waals surface area contributed by atoms with Crippen molar-refractivity contribution in [3.05, 3.63) is 58.8 Å². The molecule has 0 fully saturated rings. The molecule has 3 rings (SSSR count). The Morgan fingerprint density at radius 3 is 2.41 bits per heavy atom. The van der Waals surface area contributed by atoms with Gasteiger partial charge in [-0.3, -0.25) is 4.79 Å². The number of nitrogens with zero attached hydrogens (tertiary/aromatic N) is 1. The van der Waals surface area contributed by atoms with E-state index in [0.29, 0.717) is 5.69 Å². The Morgan fingerprint density at radius 1 is 1.07 bits per heavy atom. The van der Waals surface area contributed by atoms with Crippen LogP contribution in [0.15, 0.2) is 36.4 Å². The topological polar surface area (TPSA) is 48.1 Å². The Balaban J connectivity index is 1.97. The highest BCUT2D eigenvalue weighted by Crippen LogP contribution is 2.37. The summed E-state index contributed by atoms with van der Waals surface area (Å²) in [5, 5.41) is 3.25. The third-order valence-corrected chi connectivity index (χ3v) is 4.41. The minimum Gasteiger partial charge on any atom is -0.378 e. The van der Waals surface area contributed by atoms with Crippen molar-refractivity contribution in [3.8, 4) is 0 Å². The molecule has 1 aromatic heterocycles. The van der Waals surface area contributed by atoms with Crippen LogP contribution in [0.25, 0.3) is 10.9 Å². The molecule has 3 aromatic rings. The molecule has 4 nitrogen and oxygen atoms in total. The fourth-order valence-corrected chi connectivity index (χ4v) is 3.07. The zero-order chi connectivity index (χ0) is 19.9. The molecule has 0 aliphatic heterocycles. The first-order valence-corrected chi connectivity index (χ1v) is 8.36. The first-order chi connectivity index (χ1) is 12.6. The summed E-state index contributed by atoms with van der Waals surface area (Å²) in [7, 11) is 3.31. The molecular weight excluding hydrogens is 355 g/mol. The molecule has 142 valence electrons. The fraction of sp³-hybridized carbons (Fsp3) is 0.250. The standard InChI is InChI=1S/C20H20F3N3O/c1-11-7-12(2)14-10-18(24-17(14)8-11)19(27)25-16-6-5-13(26(3)4)9-15(16)20(21,22)23/h5-10,24H,1-4H3,(H,25,27). The number of anilines is 2. The summed E-state index contributed by atoms with van der Waals surface area (Å²) in [5.74, 6) is -0.619. The Labute approximate surface area is 155 Å². The minimum atomic E-state index is -4.58.